The number of carbonyl (C=O) groups excluding carboxylic acids is 1. The van der Waals surface area contributed by atoms with Crippen molar-refractivity contribution in [1.29, 1.82) is 0 Å². The Balaban J connectivity index is 1.82. The average molecular weight is 247 g/mol. The summed E-state index contributed by atoms with van der Waals surface area (Å²) >= 11 is 0. The molecule has 4 heteroatoms. The fourth-order valence-electron chi connectivity index (χ4n) is 2.16. The number of halogens is 1. The molecule has 3 nitrogen and oxygen atoms in total. The molecule has 3 rings (SSSR count). The molecule has 1 heterocycles. The van der Waals surface area contributed by atoms with Gasteiger partial charge in [-0.3, -0.25) is 4.79 Å². The van der Waals surface area contributed by atoms with E-state index >= 15 is 0 Å². The molecule has 1 unspecified atom stereocenters. The summed E-state index contributed by atoms with van der Waals surface area (Å²) in [4.78, 5) is 12.0. The van der Waals surface area contributed by atoms with Crippen LogP contribution in [0.1, 0.15) is 29.8 Å². The molecule has 1 fully saturated rings. The number of rotatable bonds is 4. The van der Waals surface area contributed by atoms with Crippen LogP contribution in [0.2, 0.25) is 0 Å². The SMILES string of the molecule is NC(CC(=O)c1cc2cc(F)ccc2o1)C1CC1. The third-order valence-electron chi connectivity index (χ3n) is 3.40. The van der Waals surface area contributed by atoms with E-state index in [1.165, 1.54) is 18.2 Å². The van der Waals surface area contributed by atoms with Crippen molar-refractivity contribution in [3.63, 3.8) is 0 Å². The smallest absolute Gasteiger partial charge is 0.199 e. The minimum Gasteiger partial charge on any atom is -0.453 e. The molecule has 1 aromatic carbocycles. The number of furan rings is 1. The quantitative estimate of drug-likeness (QED) is 0.845. The van der Waals surface area contributed by atoms with Crippen molar-refractivity contribution in [2.24, 2.45) is 11.7 Å². The van der Waals surface area contributed by atoms with Crippen LogP contribution in [0, 0.1) is 11.7 Å². The monoisotopic (exact) mass is 247 g/mol. The molecule has 0 saturated heterocycles. The summed E-state index contributed by atoms with van der Waals surface area (Å²) in [6, 6.07) is 5.71. The van der Waals surface area contributed by atoms with E-state index < -0.39 is 0 Å². The van der Waals surface area contributed by atoms with Crippen LogP contribution in [-0.4, -0.2) is 11.8 Å². The van der Waals surface area contributed by atoms with E-state index in [0.29, 0.717) is 23.3 Å². The molecule has 0 spiro atoms. The molecule has 0 aliphatic heterocycles. The summed E-state index contributed by atoms with van der Waals surface area (Å²) in [5.74, 6) is 0.311. The highest BCUT2D eigenvalue weighted by Gasteiger charge is 2.30. The van der Waals surface area contributed by atoms with Crippen molar-refractivity contribution in [2.45, 2.75) is 25.3 Å². The molecule has 1 aliphatic rings. The van der Waals surface area contributed by atoms with Gasteiger partial charge in [0.15, 0.2) is 11.5 Å². The van der Waals surface area contributed by atoms with Gasteiger partial charge in [0.1, 0.15) is 11.4 Å². The number of hydrogen-bond acceptors (Lipinski definition) is 3. The lowest BCUT2D eigenvalue weighted by molar-refractivity contribution is 0.0946. The molecule has 1 aliphatic carbocycles. The van der Waals surface area contributed by atoms with Gasteiger partial charge in [-0.15, -0.1) is 0 Å². The van der Waals surface area contributed by atoms with Crippen molar-refractivity contribution >= 4 is 16.8 Å². The molecule has 2 aromatic rings. The Morgan fingerprint density at radius 1 is 1.44 bits per heavy atom. The first kappa shape index (κ1) is 11.4. The fraction of sp³-hybridized carbons (Fsp3) is 0.357. The zero-order valence-electron chi connectivity index (χ0n) is 9.86. The lowest BCUT2D eigenvalue weighted by Crippen LogP contribution is -2.25. The zero-order valence-corrected chi connectivity index (χ0v) is 9.86. The van der Waals surface area contributed by atoms with E-state index in [1.807, 2.05) is 0 Å². The van der Waals surface area contributed by atoms with E-state index in [0.717, 1.165) is 12.8 Å². The largest absolute Gasteiger partial charge is 0.453 e. The molecular weight excluding hydrogens is 233 g/mol. The van der Waals surface area contributed by atoms with E-state index in [-0.39, 0.29) is 23.4 Å². The van der Waals surface area contributed by atoms with Crippen LogP contribution < -0.4 is 5.73 Å². The van der Waals surface area contributed by atoms with Gasteiger partial charge in [0.25, 0.3) is 0 Å². The Morgan fingerprint density at radius 2 is 2.22 bits per heavy atom. The molecule has 0 bridgehead atoms. The Hall–Kier alpha value is -1.68. The first-order chi connectivity index (χ1) is 8.63. The van der Waals surface area contributed by atoms with Gasteiger partial charge in [0, 0.05) is 17.8 Å². The van der Waals surface area contributed by atoms with Gasteiger partial charge in [-0.25, -0.2) is 4.39 Å². The van der Waals surface area contributed by atoms with Gasteiger partial charge in [0.2, 0.25) is 0 Å². The third kappa shape index (κ3) is 2.16. The second-order valence-electron chi connectivity index (χ2n) is 4.92. The second kappa shape index (κ2) is 4.21. The molecule has 1 saturated carbocycles. The van der Waals surface area contributed by atoms with Gasteiger partial charge >= 0.3 is 0 Å². The first-order valence-electron chi connectivity index (χ1n) is 6.11. The lowest BCUT2D eigenvalue weighted by Gasteiger charge is -2.06. The van der Waals surface area contributed by atoms with Crippen molar-refractivity contribution < 1.29 is 13.6 Å². The maximum Gasteiger partial charge on any atom is 0.199 e. The van der Waals surface area contributed by atoms with Gasteiger partial charge in [-0.2, -0.15) is 0 Å². The maximum absolute atomic E-state index is 13.0. The Morgan fingerprint density at radius 3 is 2.94 bits per heavy atom. The van der Waals surface area contributed by atoms with Crippen LogP contribution in [0.5, 0.6) is 0 Å². The molecule has 0 amide bonds. The number of ketones is 1. The van der Waals surface area contributed by atoms with Crippen LogP contribution >= 0.6 is 0 Å². The Bertz CT molecular complexity index is 601. The molecule has 0 radical (unpaired) electrons. The maximum atomic E-state index is 13.0. The predicted octanol–water partition coefficient (Wildman–Crippen LogP) is 2.88. The average Bonchev–Trinajstić information content (AvgIpc) is 3.09. The summed E-state index contributed by atoms with van der Waals surface area (Å²) in [6.45, 7) is 0. The fourth-order valence-corrected chi connectivity index (χ4v) is 2.16. The van der Waals surface area contributed by atoms with Crippen LogP contribution in [0.3, 0.4) is 0 Å². The number of fused-ring (bicyclic) bond motifs is 1. The summed E-state index contributed by atoms with van der Waals surface area (Å²) < 4.78 is 18.4. The van der Waals surface area contributed by atoms with E-state index in [1.54, 1.807) is 6.07 Å². The van der Waals surface area contributed by atoms with Crippen molar-refractivity contribution in [2.75, 3.05) is 0 Å². The standard InChI is InChI=1S/C14H14FNO2/c15-10-3-4-13-9(5-10)6-14(18-13)12(17)7-11(16)8-1-2-8/h3-6,8,11H,1-2,7,16H2. The van der Waals surface area contributed by atoms with E-state index in [4.69, 9.17) is 10.2 Å². The van der Waals surface area contributed by atoms with Crippen LogP contribution in [0.25, 0.3) is 11.0 Å². The number of benzene rings is 1. The van der Waals surface area contributed by atoms with Gasteiger partial charge in [-0.05, 0) is 43.0 Å². The molecule has 1 aromatic heterocycles. The summed E-state index contributed by atoms with van der Waals surface area (Å²) in [5.41, 5.74) is 6.44. The minimum atomic E-state index is -0.336. The molecule has 1 atom stereocenters. The number of Topliss-reactive ketones (excluding diaryl/α,β-unsaturated/α-hetero) is 1. The number of hydrogen-bond donors (Lipinski definition) is 1. The summed E-state index contributed by atoms with van der Waals surface area (Å²) in [7, 11) is 0. The Labute approximate surface area is 104 Å². The topological polar surface area (TPSA) is 56.2 Å². The number of carbonyl (C=O) groups is 1. The van der Waals surface area contributed by atoms with Crippen molar-refractivity contribution in [3.05, 3.63) is 35.8 Å². The minimum absolute atomic E-state index is 0.0811. The van der Waals surface area contributed by atoms with Crippen LogP contribution in [0.15, 0.2) is 28.7 Å². The van der Waals surface area contributed by atoms with Gasteiger partial charge < -0.3 is 10.2 Å². The van der Waals surface area contributed by atoms with Crippen molar-refractivity contribution in [3.8, 4) is 0 Å². The normalized spacial score (nSPS) is 17.0. The van der Waals surface area contributed by atoms with Crippen molar-refractivity contribution in [1.82, 2.24) is 0 Å². The molecule has 94 valence electrons. The highest BCUT2D eigenvalue weighted by Crippen LogP contribution is 2.33. The van der Waals surface area contributed by atoms with Crippen LogP contribution in [-0.2, 0) is 0 Å². The van der Waals surface area contributed by atoms with Gasteiger partial charge in [-0.1, -0.05) is 0 Å². The van der Waals surface area contributed by atoms with E-state index in [9.17, 15) is 9.18 Å². The highest BCUT2D eigenvalue weighted by molar-refractivity contribution is 5.97. The summed E-state index contributed by atoms with van der Waals surface area (Å²) in [5, 5.41) is 0.610. The summed E-state index contributed by atoms with van der Waals surface area (Å²) in [6.07, 6.45) is 2.52. The molecular formula is C14H14FNO2. The highest BCUT2D eigenvalue weighted by atomic mass is 19.1. The molecule has 2 N–H and O–H groups in total. The molecule has 18 heavy (non-hydrogen) atoms. The zero-order chi connectivity index (χ0) is 12.7. The first-order valence-corrected chi connectivity index (χ1v) is 6.11. The second-order valence-corrected chi connectivity index (χ2v) is 4.92. The van der Waals surface area contributed by atoms with E-state index in [2.05, 4.69) is 0 Å². The Kier molecular flexibility index (Phi) is 2.67. The predicted molar refractivity (Wildman–Crippen MR) is 65.8 cm³/mol. The number of nitrogens with two attached hydrogens (primary N) is 1. The third-order valence-corrected chi connectivity index (χ3v) is 3.40. The lowest BCUT2D eigenvalue weighted by atomic mass is 10.1. The van der Waals surface area contributed by atoms with Gasteiger partial charge in [0.05, 0.1) is 0 Å². The van der Waals surface area contributed by atoms with Crippen LogP contribution in [0.4, 0.5) is 4.39 Å².